The van der Waals surface area contributed by atoms with Crippen molar-refractivity contribution >= 4 is 21.8 Å². The molecule has 0 spiro atoms. The van der Waals surface area contributed by atoms with E-state index >= 15 is 0 Å². The van der Waals surface area contributed by atoms with Crippen molar-refractivity contribution in [1.29, 1.82) is 0 Å². The number of carbonyl (C=O) groups excluding carboxylic acids is 1. The summed E-state index contributed by atoms with van der Waals surface area (Å²) in [6, 6.07) is 7.95. The topological polar surface area (TPSA) is 59.0 Å². The number of nitrogens with zero attached hydrogens (tertiary/aromatic N) is 2. The van der Waals surface area contributed by atoms with Crippen LogP contribution in [0.25, 0.3) is 0 Å². The molecule has 0 saturated carbocycles. The second-order valence-corrected chi connectivity index (χ2v) is 6.92. The fourth-order valence-electron chi connectivity index (χ4n) is 3.16. The summed E-state index contributed by atoms with van der Waals surface area (Å²) in [6.45, 7) is 3.53. The fraction of sp³-hybridized carbons (Fsp3) is 0.412. The third-order valence-corrected chi connectivity index (χ3v) is 5.16. The molecule has 0 bridgehead atoms. The van der Waals surface area contributed by atoms with Gasteiger partial charge in [-0.3, -0.25) is 9.48 Å². The number of rotatable bonds is 4. The zero-order chi connectivity index (χ0) is 16.4. The summed E-state index contributed by atoms with van der Waals surface area (Å²) < 4.78 is 2.80. The number of hydrogen-bond acceptors (Lipinski definition) is 3. The maximum atomic E-state index is 12.7. The van der Waals surface area contributed by atoms with Gasteiger partial charge in [-0.05, 0) is 24.1 Å². The Hall–Kier alpha value is -1.66. The van der Waals surface area contributed by atoms with Crippen LogP contribution in [-0.4, -0.2) is 28.8 Å². The van der Waals surface area contributed by atoms with E-state index in [1.54, 1.807) is 4.68 Å². The highest BCUT2D eigenvalue weighted by Gasteiger charge is 2.35. The van der Waals surface area contributed by atoms with Crippen molar-refractivity contribution in [2.75, 3.05) is 13.1 Å². The van der Waals surface area contributed by atoms with E-state index in [2.05, 4.69) is 31.7 Å². The van der Waals surface area contributed by atoms with E-state index in [-0.39, 0.29) is 23.8 Å². The molecule has 122 valence electrons. The molecule has 1 aromatic heterocycles. The van der Waals surface area contributed by atoms with Crippen molar-refractivity contribution in [3.63, 3.8) is 0 Å². The Kier molecular flexibility index (Phi) is 4.82. The second kappa shape index (κ2) is 6.84. The molecule has 5 nitrogen and oxygen atoms in total. The Morgan fingerprint density at radius 1 is 1.43 bits per heavy atom. The summed E-state index contributed by atoms with van der Waals surface area (Å²) in [5.41, 5.74) is 2.20. The summed E-state index contributed by atoms with van der Waals surface area (Å²) in [5, 5.41) is 10.7. The first-order valence-corrected chi connectivity index (χ1v) is 8.59. The Bertz CT molecular complexity index is 699. The van der Waals surface area contributed by atoms with Crippen LogP contribution in [0.4, 0.5) is 0 Å². The molecule has 1 aliphatic rings. The number of hydrogen-bond donors (Lipinski definition) is 2. The van der Waals surface area contributed by atoms with Gasteiger partial charge in [0, 0.05) is 36.7 Å². The molecule has 1 saturated heterocycles. The molecule has 1 aliphatic heterocycles. The van der Waals surface area contributed by atoms with E-state index in [1.807, 2.05) is 50.6 Å². The number of amides is 1. The normalized spacial score (nSPS) is 22.0. The van der Waals surface area contributed by atoms with Gasteiger partial charge in [0.1, 0.15) is 0 Å². The molecule has 3 rings (SSSR count). The lowest BCUT2D eigenvalue weighted by Crippen LogP contribution is -2.36. The fourth-order valence-corrected chi connectivity index (χ4v) is 3.79. The van der Waals surface area contributed by atoms with Crippen molar-refractivity contribution in [3.8, 4) is 0 Å². The van der Waals surface area contributed by atoms with E-state index in [9.17, 15) is 4.79 Å². The maximum absolute atomic E-state index is 12.7. The van der Waals surface area contributed by atoms with Crippen LogP contribution in [0.3, 0.4) is 0 Å². The molecule has 2 heterocycles. The van der Waals surface area contributed by atoms with Crippen LogP contribution in [0.1, 0.15) is 30.0 Å². The van der Waals surface area contributed by atoms with Crippen LogP contribution in [0.15, 0.2) is 41.1 Å². The Labute approximate surface area is 144 Å². The number of aryl methyl sites for hydroxylation is 1. The summed E-state index contributed by atoms with van der Waals surface area (Å²) in [7, 11) is 1.90. The summed E-state index contributed by atoms with van der Waals surface area (Å²) >= 11 is 3.55. The minimum Gasteiger partial charge on any atom is -0.349 e. The predicted octanol–water partition coefficient (Wildman–Crippen LogP) is 2.36. The third-order valence-electron chi connectivity index (χ3n) is 4.43. The quantitative estimate of drug-likeness (QED) is 0.860. The van der Waals surface area contributed by atoms with Crippen LogP contribution in [0, 0.1) is 5.92 Å². The van der Waals surface area contributed by atoms with Gasteiger partial charge in [0.15, 0.2) is 0 Å². The number of nitrogens with one attached hydrogen (secondary N) is 2. The third kappa shape index (κ3) is 3.48. The van der Waals surface area contributed by atoms with Crippen molar-refractivity contribution in [3.05, 3.63) is 52.3 Å². The summed E-state index contributed by atoms with van der Waals surface area (Å²) in [4.78, 5) is 12.7. The molecule has 1 amide bonds. The lowest BCUT2D eigenvalue weighted by Gasteiger charge is -2.21. The first-order chi connectivity index (χ1) is 11.1. The van der Waals surface area contributed by atoms with E-state index in [4.69, 9.17) is 0 Å². The van der Waals surface area contributed by atoms with E-state index in [1.165, 1.54) is 0 Å². The van der Waals surface area contributed by atoms with Crippen molar-refractivity contribution < 1.29 is 4.79 Å². The first kappa shape index (κ1) is 16.2. The SMILES string of the molecule is CC(NC(=O)[C@H]1CNC[C@@H]1c1cnn(C)c1)c1ccccc1Br. The van der Waals surface area contributed by atoms with Crippen molar-refractivity contribution in [1.82, 2.24) is 20.4 Å². The minimum absolute atomic E-state index is 0.0341. The van der Waals surface area contributed by atoms with Crippen molar-refractivity contribution in [2.45, 2.75) is 18.9 Å². The molecule has 1 unspecified atom stereocenters. The van der Waals surface area contributed by atoms with E-state index in [0.29, 0.717) is 6.54 Å². The molecule has 0 radical (unpaired) electrons. The average Bonchev–Trinajstić information content (AvgIpc) is 3.15. The van der Waals surface area contributed by atoms with Gasteiger partial charge < -0.3 is 10.6 Å². The van der Waals surface area contributed by atoms with Crippen LogP contribution >= 0.6 is 15.9 Å². The second-order valence-electron chi connectivity index (χ2n) is 6.07. The molecule has 0 aliphatic carbocycles. The molecular weight excluding hydrogens is 356 g/mol. The van der Waals surface area contributed by atoms with Crippen molar-refractivity contribution in [2.24, 2.45) is 13.0 Å². The van der Waals surface area contributed by atoms with Crippen LogP contribution in [0.5, 0.6) is 0 Å². The molecule has 1 aromatic carbocycles. The molecular formula is C17H21BrN4O. The van der Waals surface area contributed by atoms with Crippen LogP contribution < -0.4 is 10.6 Å². The average molecular weight is 377 g/mol. The Morgan fingerprint density at radius 2 is 2.22 bits per heavy atom. The molecule has 1 fully saturated rings. The number of aromatic nitrogens is 2. The van der Waals surface area contributed by atoms with Crippen LogP contribution in [0.2, 0.25) is 0 Å². The Balaban J connectivity index is 1.71. The molecule has 6 heteroatoms. The van der Waals surface area contributed by atoms with Gasteiger partial charge >= 0.3 is 0 Å². The minimum atomic E-state index is -0.0656. The Morgan fingerprint density at radius 3 is 2.91 bits per heavy atom. The lowest BCUT2D eigenvalue weighted by atomic mass is 9.90. The first-order valence-electron chi connectivity index (χ1n) is 7.80. The largest absolute Gasteiger partial charge is 0.349 e. The van der Waals surface area contributed by atoms with Gasteiger partial charge in [0.25, 0.3) is 0 Å². The van der Waals surface area contributed by atoms with E-state index in [0.717, 1.165) is 22.1 Å². The number of halogens is 1. The molecule has 23 heavy (non-hydrogen) atoms. The summed E-state index contributed by atoms with van der Waals surface area (Å²) in [6.07, 6.45) is 3.85. The smallest absolute Gasteiger partial charge is 0.225 e. The zero-order valence-electron chi connectivity index (χ0n) is 13.3. The standard InChI is InChI=1S/C17H21BrN4O/c1-11(13-5-3-4-6-16(13)18)21-17(23)15-9-19-8-14(15)12-7-20-22(2)10-12/h3-7,10-11,14-15,19H,8-9H2,1-2H3,(H,21,23)/t11?,14-,15+/m1/s1. The highest BCUT2D eigenvalue weighted by Crippen LogP contribution is 2.29. The highest BCUT2D eigenvalue weighted by molar-refractivity contribution is 9.10. The number of benzene rings is 1. The maximum Gasteiger partial charge on any atom is 0.225 e. The lowest BCUT2D eigenvalue weighted by molar-refractivity contribution is -0.125. The molecule has 2 N–H and O–H groups in total. The van der Waals surface area contributed by atoms with Gasteiger partial charge in [-0.1, -0.05) is 34.1 Å². The van der Waals surface area contributed by atoms with E-state index < -0.39 is 0 Å². The van der Waals surface area contributed by atoms with Gasteiger partial charge in [0.2, 0.25) is 5.91 Å². The molecule has 3 atom stereocenters. The van der Waals surface area contributed by atoms with Gasteiger partial charge in [-0.2, -0.15) is 5.10 Å². The highest BCUT2D eigenvalue weighted by atomic mass is 79.9. The number of carbonyl (C=O) groups is 1. The zero-order valence-corrected chi connectivity index (χ0v) is 14.9. The summed E-state index contributed by atoms with van der Waals surface area (Å²) in [5.74, 6) is 0.200. The monoisotopic (exact) mass is 376 g/mol. The van der Waals surface area contributed by atoms with Gasteiger partial charge in [0.05, 0.1) is 18.2 Å². The van der Waals surface area contributed by atoms with Crippen LogP contribution in [-0.2, 0) is 11.8 Å². The molecule has 2 aromatic rings. The van der Waals surface area contributed by atoms with Gasteiger partial charge in [-0.25, -0.2) is 0 Å². The predicted molar refractivity (Wildman–Crippen MR) is 93.0 cm³/mol. The van der Waals surface area contributed by atoms with Gasteiger partial charge in [-0.15, -0.1) is 0 Å².